The molecule has 1 aromatic heterocycles. The van der Waals surface area contributed by atoms with Crippen molar-refractivity contribution in [1.29, 1.82) is 0 Å². The van der Waals surface area contributed by atoms with Crippen LogP contribution in [0.1, 0.15) is 29.3 Å². The second-order valence-corrected chi connectivity index (χ2v) is 9.58. The van der Waals surface area contributed by atoms with Crippen LogP contribution in [-0.2, 0) is 36.0 Å². The molecule has 2 aromatic carbocycles. The van der Waals surface area contributed by atoms with E-state index in [4.69, 9.17) is 19.2 Å². The molecule has 9 heteroatoms. The summed E-state index contributed by atoms with van der Waals surface area (Å²) in [5.74, 6) is 1.19. The van der Waals surface area contributed by atoms with Crippen LogP contribution in [0, 0.1) is 0 Å². The summed E-state index contributed by atoms with van der Waals surface area (Å²) in [4.78, 5) is 30.7. The highest BCUT2D eigenvalue weighted by atomic mass is 32.2. The van der Waals surface area contributed by atoms with E-state index in [1.807, 2.05) is 48.5 Å². The van der Waals surface area contributed by atoms with Crippen molar-refractivity contribution >= 4 is 17.7 Å². The zero-order valence-electron chi connectivity index (χ0n) is 21.4. The first-order chi connectivity index (χ1) is 17.4. The minimum absolute atomic E-state index is 0.128. The molecule has 1 unspecified atom stereocenters. The van der Waals surface area contributed by atoms with Crippen molar-refractivity contribution in [3.63, 3.8) is 0 Å². The van der Waals surface area contributed by atoms with E-state index < -0.39 is 5.25 Å². The molecule has 0 saturated carbocycles. The maximum Gasteiger partial charge on any atom is 0.257 e. The molecule has 1 N–H and O–H groups in total. The third-order valence-corrected chi connectivity index (χ3v) is 6.89. The molecular formula is C27H33N3O5S. The number of amides is 1. The summed E-state index contributed by atoms with van der Waals surface area (Å²) in [6.07, 6.45) is 1.11. The van der Waals surface area contributed by atoms with Gasteiger partial charge in [-0.15, -0.1) is 0 Å². The Morgan fingerprint density at radius 1 is 1.06 bits per heavy atom. The number of methoxy groups -OCH3 is 3. The van der Waals surface area contributed by atoms with E-state index in [2.05, 4.69) is 5.32 Å². The van der Waals surface area contributed by atoms with Crippen molar-refractivity contribution in [2.75, 3.05) is 27.9 Å². The Kier molecular flexibility index (Phi) is 9.95. The Balaban J connectivity index is 1.67. The highest BCUT2D eigenvalue weighted by Crippen LogP contribution is 2.27. The van der Waals surface area contributed by atoms with Crippen LogP contribution >= 0.6 is 11.8 Å². The standard InChI is InChI=1S/C27H33N3O5S/c1-18(25(31)28-14-13-20-11-12-23(34-4)24(16-20)35-5)36-27-29-22(17-33-3)21(26(32)30(27)2)15-19-9-7-6-8-10-19/h6-12,16,18H,13-15,17H2,1-5H3,(H,28,31). The number of hydrogen-bond donors (Lipinski definition) is 1. The first-order valence-corrected chi connectivity index (χ1v) is 12.5. The number of nitrogens with one attached hydrogen (secondary N) is 1. The van der Waals surface area contributed by atoms with Crippen molar-refractivity contribution in [1.82, 2.24) is 14.9 Å². The quantitative estimate of drug-likeness (QED) is 0.294. The van der Waals surface area contributed by atoms with Crippen LogP contribution in [0.2, 0.25) is 0 Å². The lowest BCUT2D eigenvalue weighted by atomic mass is 10.0. The molecule has 8 nitrogen and oxygen atoms in total. The van der Waals surface area contributed by atoms with Gasteiger partial charge in [-0.25, -0.2) is 4.98 Å². The molecule has 192 valence electrons. The highest BCUT2D eigenvalue weighted by Gasteiger charge is 2.20. The first kappa shape index (κ1) is 27.3. The molecule has 0 bridgehead atoms. The van der Waals surface area contributed by atoms with E-state index >= 15 is 0 Å². The molecule has 1 amide bonds. The summed E-state index contributed by atoms with van der Waals surface area (Å²) < 4.78 is 17.4. The topological polar surface area (TPSA) is 91.7 Å². The molecule has 0 fully saturated rings. The fourth-order valence-electron chi connectivity index (χ4n) is 3.73. The van der Waals surface area contributed by atoms with Gasteiger partial charge in [-0.3, -0.25) is 14.2 Å². The zero-order chi connectivity index (χ0) is 26.1. The maximum atomic E-state index is 13.2. The van der Waals surface area contributed by atoms with Gasteiger partial charge in [0.1, 0.15) is 0 Å². The molecule has 36 heavy (non-hydrogen) atoms. The van der Waals surface area contributed by atoms with E-state index in [-0.39, 0.29) is 18.1 Å². The number of nitrogens with zero attached hydrogens (tertiary/aromatic N) is 2. The maximum absolute atomic E-state index is 13.2. The molecule has 0 radical (unpaired) electrons. The largest absolute Gasteiger partial charge is 0.493 e. The van der Waals surface area contributed by atoms with Gasteiger partial charge in [-0.1, -0.05) is 48.2 Å². The summed E-state index contributed by atoms with van der Waals surface area (Å²) in [5.41, 5.74) is 3.10. The van der Waals surface area contributed by atoms with Gasteiger partial charge in [0, 0.05) is 32.7 Å². The molecule has 0 aliphatic carbocycles. The minimum atomic E-state index is -0.441. The van der Waals surface area contributed by atoms with Crippen LogP contribution in [0.25, 0.3) is 0 Å². The summed E-state index contributed by atoms with van der Waals surface area (Å²) >= 11 is 1.25. The first-order valence-electron chi connectivity index (χ1n) is 11.6. The Hall–Kier alpha value is -3.30. The van der Waals surface area contributed by atoms with Crippen LogP contribution < -0.4 is 20.3 Å². The minimum Gasteiger partial charge on any atom is -0.493 e. The predicted octanol–water partition coefficient (Wildman–Crippen LogP) is 3.37. The number of benzene rings is 2. The van der Waals surface area contributed by atoms with Gasteiger partial charge in [0.2, 0.25) is 5.91 Å². The third-order valence-electron chi connectivity index (χ3n) is 5.75. The molecular weight excluding hydrogens is 478 g/mol. The highest BCUT2D eigenvalue weighted by molar-refractivity contribution is 8.00. The fourth-order valence-corrected chi connectivity index (χ4v) is 4.64. The van der Waals surface area contributed by atoms with Gasteiger partial charge < -0.3 is 19.5 Å². The van der Waals surface area contributed by atoms with E-state index in [1.165, 1.54) is 16.3 Å². The van der Waals surface area contributed by atoms with Gasteiger partial charge in [0.15, 0.2) is 16.7 Å². The smallest absolute Gasteiger partial charge is 0.257 e. The van der Waals surface area contributed by atoms with E-state index in [9.17, 15) is 9.59 Å². The SMILES string of the molecule is COCc1nc(SC(C)C(=O)NCCc2ccc(OC)c(OC)c2)n(C)c(=O)c1Cc1ccccc1. The molecule has 0 saturated heterocycles. The second-order valence-electron chi connectivity index (χ2n) is 8.27. The lowest BCUT2D eigenvalue weighted by Gasteiger charge is -2.17. The molecule has 1 heterocycles. The van der Waals surface area contributed by atoms with Crippen molar-refractivity contribution in [3.8, 4) is 11.5 Å². The Labute approximate surface area is 216 Å². The van der Waals surface area contributed by atoms with Crippen LogP contribution in [-0.4, -0.2) is 48.6 Å². The fraction of sp³-hybridized carbons (Fsp3) is 0.370. The van der Waals surface area contributed by atoms with Crippen molar-refractivity contribution in [2.24, 2.45) is 7.05 Å². The van der Waals surface area contributed by atoms with Crippen LogP contribution in [0.4, 0.5) is 0 Å². The summed E-state index contributed by atoms with van der Waals surface area (Å²) in [6.45, 7) is 2.49. The van der Waals surface area contributed by atoms with E-state index in [0.29, 0.717) is 47.3 Å². The Morgan fingerprint density at radius 2 is 1.78 bits per heavy atom. The van der Waals surface area contributed by atoms with Crippen LogP contribution in [0.5, 0.6) is 11.5 Å². The number of ether oxygens (including phenoxy) is 3. The van der Waals surface area contributed by atoms with E-state index in [0.717, 1.165) is 11.1 Å². The van der Waals surface area contributed by atoms with Crippen molar-refractivity contribution in [2.45, 2.75) is 36.8 Å². The van der Waals surface area contributed by atoms with Crippen LogP contribution in [0.3, 0.4) is 0 Å². The van der Waals surface area contributed by atoms with Gasteiger partial charge in [0.05, 0.1) is 31.8 Å². The van der Waals surface area contributed by atoms with Crippen molar-refractivity contribution in [3.05, 3.63) is 81.3 Å². The molecule has 3 aromatic rings. The Bertz CT molecular complexity index is 1230. The summed E-state index contributed by atoms with van der Waals surface area (Å²) in [6, 6.07) is 15.5. The number of rotatable bonds is 12. The number of hydrogen-bond acceptors (Lipinski definition) is 7. The molecule has 0 spiro atoms. The average Bonchev–Trinajstić information content (AvgIpc) is 2.89. The number of carbonyl (C=O) groups is 1. The Morgan fingerprint density at radius 3 is 2.44 bits per heavy atom. The monoisotopic (exact) mass is 511 g/mol. The summed E-state index contributed by atoms with van der Waals surface area (Å²) in [7, 11) is 6.45. The lowest BCUT2D eigenvalue weighted by Crippen LogP contribution is -2.33. The molecule has 0 aliphatic rings. The average molecular weight is 512 g/mol. The molecule has 1 atom stereocenters. The number of thioether (sulfide) groups is 1. The zero-order valence-corrected chi connectivity index (χ0v) is 22.2. The molecule has 3 rings (SSSR count). The van der Waals surface area contributed by atoms with Gasteiger partial charge in [0.25, 0.3) is 5.56 Å². The van der Waals surface area contributed by atoms with Crippen molar-refractivity contribution < 1.29 is 19.0 Å². The van der Waals surface area contributed by atoms with Gasteiger partial charge in [-0.2, -0.15) is 0 Å². The van der Waals surface area contributed by atoms with Crippen LogP contribution in [0.15, 0.2) is 58.5 Å². The lowest BCUT2D eigenvalue weighted by molar-refractivity contribution is -0.120. The second kappa shape index (κ2) is 13.1. The van der Waals surface area contributed by atoms with Gasteiger partial charge >= 0.3 is 0 Å². The predicted molar refractivity (Wildman–Crippen MR) is 141 cm³/mol. The number of aromatic nitrogens is 2. The number of carbonyl (C=O) groups excluding carboxylic acids is 1. The molecule has 0 aliphatic heterocycles. The van der Waals surface area contributed by atoms with Gasteiger partial charge in [-0.05, 0) is 36.6 Å². The summed E-state index contributed by atoms with van der Waals surface area (Å²) in [5, 5.41) is 3.00. The third kappa shape index (κ3) is 6.89. The normalized spacial score (nSPS) is 11.7. The van der Waals surface area contributed by atoms with E-state index in [1.54, 1.807) is 35.3 Å².